The third-order valence-electron chi connectivity index (χ3n) is 5.67. The molecule has 0 atom stereocenters. The first kappa shape index (κ1) is 25.7. The van der Waals surface area contributed by atoms with E-state index in [1.54, 1.807) is 31.3 Å². The molecule has 0 saturated carbocycles. The first-order valence-corrected chi connectivity index (χ1v) is 11.6. The highest BCUT2D eigenvalue weighted by molar-refractivity contribution is 5.82. The Kier molecular flexibility index (Phi) is 8.03. The molecular formula is C25H25FN8O3. The van der Waals surface area contributed by atoms with Crippen molar-refractivity contribution in [2.75, 3.05) is 31.6 Å². The SMILES string of the molecule is CC1(C(=O)NCCC#N)COC(c2nc(-c3ccc(F)cc3)c(-c3ccnc(NCCC#N)n3)[nH]2)OC1. The molecule has 190 valence electrons. The molecule has 1 saturated heterocycles. The minimum Gasteiger partial charge on any atom is -0.354 e. The number of nitrogens with one attached hydrogen (secondary N) is 3. The molecule has 11 nitrogen and oxygen atoms in total. The van der Waals surface area contributed by atoms with Crippen molar-refractivity contribution in [3.8, 4) is 34.8 Å². The number of H-pyrrole nitrogens is 1. The minimum absolute atomic E-state index is 0.0818. The Labute approximate surface area is 212 Å². The number of hydrogen-bond acceptors (Lipinski definition) is 9. The molecule has 4 rings (SSSR count). The second-order valence-electron chi connectivity index (χ2n) is 8.63. The fourth-order valence-corrected chi connectivity index (χ4v) is 3.66. The summed E-state index contributed by atoms with van der Waals surface area (Å²) < 4.78 is 25.3. The van der Waals surface area contributed by atoms with Gasteiger partial charge in [-0.2, -0.15) is 10.5 Å². The van der Waals surface area contributed by atoms with Crippen molar-refractivity contribution in [1.82, 2.24) is 25.3 Å². The number of anilines is 1. The molecule has 0 radical (unpaired) electrons. The van der Waals surface area contributed by atoms with Crippen LogP contribution in [0.25, 0.3) is 22.6 Å². The van der Waals surface area contributed by atoms with E-state index in [0.29, 0.717) is 47.4 Å². The Hall–Kier alpha value is -4.39. The summed E-state index contributed by atoms with van der Waals surface area (Å²) >= 11 is 0. The van der Waals surface area contributed by atoms with Crippen molar-refractivity contribution >= 4 is 11.9 Å². The highest BCUT2D eigenvalue weighted by Gasteiger charge is 2.40. The van der Waals surface area contributed by atoms with Crippen LogP contribution in [0, 0.1) is 33.9 Å². The van der Waals surface area contributed by atoms with Crippen molar-refractivity contribution in [1.29, 1.82) is 10.5 Å². The summed E-state index contributed by atoms with van der Waals surface area (Å²) in [4.78, 5) is 29.1. The number of carbonyl (C=O) groups is 1. The third kappa shape index (κ3) is 6.06. The van der Waals surface area contributed by atoms with Crippen LogP contribution in [0.4, 0.5) is 10.3 Å². The molecule has 0 unspecified atom stereocenters. The van der Waals surface area contributed by atoms with Gasteiger partial charge in [0.1, 0.15) is 5.82 Å². The zero-order valence-corrected chi connectivity index (χ0v) is 20.1. The number of rotatable bonds is 9. The number of hydrogen-bond donors (Lipinski definition) is 3. The molecule has 1 aromatic carbocycles. The normalized spacial score (nSPS) is 19.0. The summed E-state index contributed by atoms with van der Waals surface area (Å²) in [7, 11) is 0. The van der Waals surface area contributed by atoms with Crippen molar-refractivity contribution in [3.05, 3.63) is 48.2 Å². The molecule has 3 aromatic rings. The van der Waals surface area contributed by atoms with Gasteiger partial charge in [-0.3, -0.25) is 4.79 Å². The zero-order valence-electron chi connectivity index (χ0n) is 20.1. The molecule has 37 heavy (non-hydrogen) atoms. The van der Waals surface area contributed by atoms with Gasteiger partial charge in [0.25, 0.3) is 0 Å². The maximum Gasteiger partial charge on any atom is 0.230 e. The number of carbonyl (C=O) groups excluding carboxylic acids is 1. The van der Waals surface area contributed by atoms with Gasteiger partial charge in [0.05, 0.1) is 60.7 Å². The molecule has 0 bridgehead atoms. The Balaban J connectivity index is 1.59. The van der Waals surface area contributed by atoms with Crippen LogP contribution in [0.5, 0.6) is 0 Å². The number of nitrogens with zero attached hydrogens (tertiary/aromatic N) is 5. The van der Waals surface area contributed by atoms with Crippen molar-refractivity contribution in [2.45, 2.75) is 26.1 Å². The van der Waals surface area contributed by atoms with E-state index in [1.165, 1.54) is 12.1 Å². The van der Waals surface area contributed by atoms with Crippen LogP contribution in [0.2, 0.25) is 0 Å². The lowest BCUT2D eigenvalue weighted by molar-refractivity contribution is -0.231. The number of amides is 1. The number of benzene rings is 1. The number of nitriles is 2. The standard InChI is InChI=1S/C25H25FN8O3/c1-25(23(35)29-11-2-9-27)14-36-22(37-15-25)21-33-19(16-4-6-17(26)7-5-16)20(34-21)18-8-13-31-24(32-18)30-12-3-10-28/h4-8,13,22H,2-3,11-12,14-15H2,1H3,(H,29,35)(H,33,34)(H,30,31,32). The fourth-order valence-electron chi connectivity index (χ4n) is 3.66. The van der Waals surface area contributed by atoms with Crippen LogP contribution in [-0.4, -0.2) is 52.1 Å². The average molecular weight is 505 g/mol. The molecule has 3 N–H and O–H groups in total. The number of aromatic nitrogens is 4. The Bertz CT molecular complexity index is 1320. The molecule has 1 amide bonds. The summed E-state index contributed by atoms with van der Waals surface area (Å²) in [6.45, 7) is 2.54. The maximum atomic E-state index is 13.6. The molecule has 3 heterocycles. The second-order valence-corrected chi connectivity index (χ2v) is 8.63. The van der Waals surface area contributed by atoms with Gasteiger partial charge in [0, 0.05) is 24.8 Å². The maximum absolute atomic E-state index is 13.6. The smallest absolute Gasteiger partial charge is 0.230 e. The van der Waals surface area contributed by atoms with E-state index in [9.17, 15) is 9.18 Å². The average Bonchev–Trinajstić information content (AvgIpc) is 3.35. The number of imidazole rings is 1. The molecule has 0 aliphatic carbocycles. The molecule has 2 aromatic heterocycles. The summed E-state index contributed by atoms with van der Waals surface area (Å²) in [5.41, 5.74) is 1.30. The second kappa shape index (κ2) is 11.6. The van der Waals surface area contributed by atoms with Gasteiger partial charge >= 0.3 is 0 Å². The molecular weight excluding hydrogens is 479 g/mol. The summed E-state index contributed by atoms with van der Waals surface area (Å²) in [6, 6.07) is 11.6. The lowest BCUT2D eigenvalue weighted by atomic mass is 9.91. The molecule has 12 heteroatoms. The first-order valence-electron chi connectivity index (χ1n) is 11.6. The van der Waals surface area contributed by atoms with E-state index in [4.69, 9.17) is 20.0 Å². The van der Waals surface area contributed by atoms with Gasteiger partial charge in [-0.15, -0.1) is 0 Å². The number of halogens is 1. The number of aromatic amines is 1. The van der Waals surface area contributed by atoms with Crippen LogP contribution in [-0.2, 0) is 14.3 Å². The van der Waals surface area contributed by atoms with Crippen LogP contribution < -0.4 is 10.6 Å². The summed E-state index contributed by atoms with van der Waals surface area (Å²) in [5.74, 6) is 0.0697. The molecule has 0 spiro atoms. The van der Waals surface area contributed by atoms with Gasteiger partial charge in [-0.05, 0) is 37.3 Å². The largest absolute Gasteiger partial charge is 0.354 e. The van der Waals surface area contributed by atoms with Crippen molar-refractivity contribution in [2.24, 2.45) is 5.41 Å². The summed E-state index contributed by atoms with van der Waals surface area (Å²) in [6.07, 6.45) is 1.22. The topological polar surface area (TPSA) is 162 Å². The minimum atomic E-state index is -0.919. The van der Waals surface area contributed by atoms with Crippen LogP contribution in [0.15, 0.2) is 36.5 Å². The van der Waals surface area contributed by atoms with E-state index < -0.39 is 11.7 Å². The van der Waals surface area contributed by atoms with Gasteiger partial charge in [-0.25, -0.2) is 19.3 Å². The molecule has 1 aliphatic heterocycles. The van der Waals surface area contributed by atoms with Gasteiger partial charge in [0.15, 0.2) is 5.82 Å². The van der Waals surface area contributed by atoms with E-state index in [0.717, 1.165) is 0 Å². The lowest BCUT2D eigenvalue weighted by Crippen LogP contribution is -2.48. The monoisotopic (exact) mass is 504 g/mol. The van der Waals surface area contributed by atoms with Gasteiger partial charge in [0.2, 0.25) is 18.1 Å². The van der Waals surface area contributed by atoms with E-state index in [-0.39, 0.29) is 37.9 Å². The van der Waals surface area contributed by atoms with E-state index in [1.807, 2.05) is 6.07 Å². The highest BCUT2D eigenvalue weighted by atomic mass is 19.1. The first-order chi connectivity index (χ1) is 17.9. The van der Waals surface area contributed by atoms with Gasteiger partial charge in [-0.1, -0.05) is 0 Å². The van der Waals surface area contributed by atoms with Crippen LogP contribution in [0.3, 0.4) is 0 Å². The quantitative estimate of drug-likeness (QED) is 0.372. The predicted octanol–water partition coefficient (Wildman–Crippen LogP) is 3.08. The summed E-state index contributed by atoms with van der Waals surface area (Å²) in [5, 5.41) is 23.2. The van der Waals surface area contributed by atoms with Gasteiger partial charge < -0.3 is 25.1 Å². The predicted molar refractivity (Wildman–Crippen MR) is 130 cm³/mol. The van der Waals surface area contributed by atoms with Crippen LogP contribution in [0.1, 0.15) is 31.9 Å². The zero-order chi connectivity index (χ0) is 26.3. The molecule has 1 aliphatic rings. The fraction of sp³-hybridized carbons (Fsp3) is 0.360. The Morgan fingerprint density at radius 3 is 2.54 bits per heavy atom. The van der Waals surface area contributed by atoms with Crippen LogP contribution >= 0.6 is 0 Å². The van der Waals surface area contributed by atoms with E-state index in [2.05, 4.69) is 36.6 Å². The van der Waals surface area contributed by atoms with Crippen molar-refractivity contribution < 1.29 is 18.7 Å². The lowest BCUT2D eigenvalue weighted by Gasteiger charge is -2.35. The van der Waals surface area contributed by atoms with E-state index >= 15 is 0 Å². The highest BCUT2D eigenvalue weighted by Crippen LogP contribution is 2.35. The third-order valence-corrected chi connectivity index (χ3v) is 5.67. The van der Waals surface area contributed by atoms with Crippen molar-refractivity contribution in [3.63, 3.8) is 0 Å². The Morgan fingerprint density at radius 1 is 1.14 bits per heavy atom. The number of ether oxygens (including phenoxy) is 2. The molecule has 1 fully saturated rings. The Morgan fingerprint density at radius 2 is 1.84 bits per heavy atom.